The van der Waals surface area contributed by atoms with Crippen LogP contribution >= 0.6 is 11.6 Å². The molecule has 1 atom stereocenters. The molecular weight excluding hydrogens is 494 g/mol. The van der Waals surface area contributed by atoms with Crippen molar-refractivity contribution in [2.75, 3.05) is 5.75 Å². The van der Waals surface area contributed by atoms with Gasteiger partial charge in [0.25, 0.3) is 0 Å². The number of sulfone groups is 1. The summed E-state index contributed by atoms with van der Waals surface area (Å²) in [5.74, 6) is -1.33. The molecule has 0 aliphatic heterocycles. The monoisotopic (exact) mass is 514 g/mol. The van der Waals surface area contributed by atoms with Crippen LogP contribution in [0.25, 0.3) is 0 Å². The molecule has 1 aliphatic carbocycles. The summed E-state index contributed by atoms with van der Waals surface area (Å²) in [4.78, 5) is -0.0113. The number of hydrogen-bond donors (Lipinski definition) is 0. The SMILES string of the molecule is Cn1nnnc1S(=O)CC1CCC(c2cc(F)ccc2F)(S(=O)(=O)c2ccc(Cl)cc2)CC1. The van der Waals surface area contributed by atoms with Crippen LogP contribution in [0.5, 0.6) is 0 Å². The number of rotatable bonds is 6. The number of hydrogen-bond acceptors (Lipinski definition) is 6. The molecule has 7 nitrogen and oxygen atoms in total. The van der Waals surface area contributed by atoms with Gasteiger partial charge in [0, 0.05) is 23.4 Å². The van der Waals surface area contributed by atoms with Crippen LogP contribution in [0.4, 0.5) is 8.78 Å². The first-order valence-corrected chi connectivity index (χ1v) is 13.4. The van der Waals surface area contributed by atoms with Crippen molar-refractivity contribution in [2.24, 2.45) is 13.0 Å². The minimum atomic E-state index is -4.11. The van der Waals surface area contributed by atoms with Crippen LogP contribution in [0.2, 0.25) is 5.02 Å². The van der Waals surface area contributed by atoms with E-state index in [-0.39, 0.29) is 40.1 Å². The zero-order valence-corrected chi connectivity index (χ0v) is 20.0. The van der Waals surface area contributed by atoms with Crippen molar-refractivity contribution in [1.29, 1.82) is 0 Å². The van der Waals surface area contributed by atoms with Gasteiger partial charge in [0.2, 0.25) is 5.16 Å². The highest BCUT2D eigenvalue weighted by molar-refractivity contribution is 7.92. The van der Waals surface area contributed by atoms with Gasteiger partial charge in [0.15, 0.2) is 9.84 Å². The van der Waals surface area contributed by atoms with E-state index in [1.165, 1.54) is 28.9 Å². The van der Waals surface area contributed by atoms with Crippen molar-refractivity contribution in [2.45, 2.75) is 40.5 Å². The third kappa shape index (κ3) is 4.45. The number of aromatic nitrogens is 4. The first-order chi connectivity index (χ1) is 15.6. The van der Waals surface area contributed by atoms with Crippen molar-refractivity contribution in [3.05, 3.63) is 64.7 Å². The lowest BCUT2D eigenvalue weighted by molar-refractivity contribution is 0.304. The van der Waals surface area contributed by atoms with Gasteiger partial charge in [-0.1, -0.05) is 16.7 Å². The number of benzene rings is 2. The molecule has 1 aromatic heterocycles. The molecule has 1 saturated carbocycles. The third-order valence-corrected chi connectivity index (χ3v) is 10.5. The summed E-state index contributed by atoms with van der Waals surface area (Å²) in [5.41, 5.74) is -0.186. The Morgan fingerprint density at radius 3 is 2.42 bits per heavy atom. The van der Waals surface area contributed by atoms with Gasteiger partial charge < -0.3 is 0 Å². The summed E-state index contributed by atoms with van der Waals surface area (Å²) in [6.07, 6.45) is 0.827. The maximum absolute atomic E-state index is 14.9. The van der Waals surface area contributed by atoms with Crippen LogP contribution in [0.3, 0.4) is 0 Å². The first kappa shape index (κ1) is 23.9. The molecule has 0 amide bonds. The average Bonchev–Trinajstić information content (AvgIpc) is 3.22. The van der Waals surface area contributed by atoms with E-state index in [9.17, 15) is 21.4 Å². The standard InChI is InChI=1S/C21H21ClF2N4O3S2/c1-28-20(25-26-27-28)32(29)13-14-8-10-21(11-9-14,18-12-16(23)4-7-19(18)24)33(30,31)17-5-2-15(22)3-6-17/h2-7,12,14H,8-11,13H2,1H3. The summed E-state index contributed by atoms with van der Waals surface area (Å²) in [5, 5.41) is 11.5. The Balaban J connectivity index is 1.68. The molecule has 176 valence electrons. The maximum Gasteiger partial charge on any atom is 0.239 e. The second kappa shape index (κ2) is 9.19. The molecule has 2 aromatic carbocycles. The van der Waals surface area contributed by atoms with Crippen molar-refractivity contribution >= 4 is 32.2 Å². The Kier molecular flexibility index (Phi) is 6.66. The summed E-state index contributed by atoms with van der Waals surface area (Å²) in [6, 6.07) is 8.53. The van der Waals surface area contributed by atoms with Crippen LogP contribution in [-0.2, 0) is 32.4 Å². The Bertz CT molecular complexity index is 1290. The van der Waals surface area contributed by atoms with Gasteiger partial charge in [-0.3, -0.25) is 4.21 Å². The highest BCUT2D eigenvalue weighted by Gasteiger charge is 2.50. The fourth-order valence-electron chi connectivity index (χ4n) is 4.38. The van der Waals surface area contributed by atoms with Gasteiger partial charge in [-0.2, -0.15) is 0 Å². The number of nitrogens with zero attached hydrogens (tertiary/aromatic N) is 4. The largest absolute Gasteiger partial charge is 0.251 e. The van der Waals surface area contributed by atoms with E-state index in [0.717, 1.165) is 18.2 Å². The van der Waals surface area contributed by atoms with E-state index in [2.05, 4.69) is 15.5 Å². The molecule has 1 aliphatic rings. The lowest BCUT2D eigenvalue weighted by Crippen LogP contribution is -2.41. The molecule has 1 fully saturated rings. The van der Waals surface area contributed by atoms with Gasteiger partial charge in [0.05, 0.1) is 15.7 Å². The van der Waals surface area contributed by atoms with Crippen molar-refractivity contribution in [3.8, 4) is 0 Å². The zero-order valence-electron chi connectivity index (χ0n) is 17.6. The minimum Gasteiger partial charge on any atom is -0.251 e. The molecule has 3 aromatic rings. The lowest BCUT2D eigenvalue weighted by Gasteiger charge is -2.40. The van der Waals surface area contributed by atoms with Gasteiger partial charge >= 0.3 is 0 Å². The molecule has 1 heterocycles. The fraction of sp³-hybridized carbons (Fsp3) is 0.381. The van der Waals surface area contributed by atoms with Crippen molar-refractivity contribution < 1.29 is 21.4 Å². The molecule has 4 rings (SSSR count). The second-order valence-electron chi connectivity index (χ2n) is 8.12. The van der Waals surface area contributed by atoms with Gasteiger partial charge in [-0.15, -0.1) is 0 Å². The fourth-order valence-corrected chi connectivity index (χ4v) is 8.04. The summed E-state index contributed by atoms with van der Waals surface area (Å²) >= 11 is 5.92. The van der Waals surface area contributed by atoms with Crippen LogP contribution < -0.4 is 0 Å². The second-order valence-corrected chi connectivity index (χ2v) is 12.2. The molecule has 0 bridgehead atoms. The van der Waals surface area contributed by atoms with Crippen molar-refractivity contribution in [3.63, 3.8) is 0 Å². The zero-order chi connectivity index (χ0) is 23.8. The first-order valence-electron chi connectivity index (χ1n) is 10.2. The van der Waals surface area contributed by atoms with Gasteiger partial charge in [-0.25, -0.2) is 21.9 Å². The Morgan fingerprint density at radius 1 is 1.15 bits per heavy atom. The number of halogens is 3. The minimum absolute atomic E-state index is 0.0113. The van der Waals surface area contributed by atoms with Crippen LogP contribution in [-0.4, -0.2) is 38.6 Å². The third-order valence-electron chi connectivity index (χ3n) is 6.14. The van der Waals surface area contributed by atoms with Gasteiger partial charge in [-0.05, 0) is 84.5 Å². The lowest BCUT2D eigenvalue weighted by atomic mass is 9.78. The van der Waals surface area contributed by atoms with Crippen LogP contribution in [0.1, 0.15) is 31.2 Å². The van der Waals surface area contributed by atoms with E-state index < -0.39 is 37.0 Å². The number of aryl methyl sites for hydroxylation is 1. The molecule has 12 heteroatoms. The van der Waals surface area contributed by atoms with Gasteiger partial charge in [0.1, 0.15) is 16.4 Å². The summed E-state index contributed by atoms with van der Waals surface area (Å²) < 4.78 is 69.0. The summed E-state index contributed by atoms with van der Waals surface area (Å²) in [6.45, 7) is 0. The predicted octanol–water partition coefficient (Wildman–Crippen LogP) is 3.81. The van der Waals surface area contributed by atoms with E-state index in [0.29, 0.717) is 17.9 Å². The molecule has 0 saturated heterocycles. The molecule has 0 radical (unpaired) electrons. The molecule has 0 N–H and O–H groups in total. The Labute approximate surface area is 197 Å². The smallest absolute Gasteiger partial charge is 0.239 e. The molecule has 1 unspecified atom stereocenters. The predicted molar refractivity (Wildman–Crippen MR) is 119 cm³/mol. The topological polar surface area (TPSA) is 94.8 Å². The van der Waals surface area contributed by atoms with Crippen LogP contribution in [0.15, 0.2) is 52.5 Å². The van der Waals surface area contributed by atoms with E-state index in [4.69, 9.17) is 11.6 Å². The van der Waals surface area contributed by atoms with Crippen molar-refractivity contribution in [1.82, 2.24) is 20.2 Å². The van der Waals surface area contributed by atoms with E-state index in [1.807, 2.05) is 0 Å². The summed E-state index contributed by atoms with van der Waals surface area (Å²) in [7, 11) is -3.99. The normalized spacial score (nSPS) is 22.2. The highest BCUT2D eigenvalue weighted by atomic mass is 35.5. The highest BCUT2D eigenvalue weighted by Crippen LogP contribution is 2.49. The van der Waals surface area contributed by atoms with E-state index in [1.54, 1.807) is 7.05 Å². The van der Waals surface area contributed by atoms with E-state index >= 15 is 0 Å². The molecule has 33 heavy (non-hydrogen) atoms. The quantitative estimate of drug-likeness (QED) is 0.496. The van der Waals surface area contributed by atoms with Crippen LogP contribution in [0, 0.1) is 17.6 Å². The average molecular weight is 515 g/mol. The Morgan fingerprint density at radius 2 is 1.82 bits per heavy atom. The Hall–Kier alpha value is -2.24. The molecule has 0 spiro atoms. The number of tetrazole rings is 1. The maximum atomic E-state index is 14.9. The molecular formula is C21H21ClF2N4O3S2.